The summed E-state index contributed by atoms with van der Waals surface area (Å²) >= 11 is 0. The third kappa shape index (κ3) is 2.96. The van der Waals surface area contributed by atoms with Crippen molar-refractivity contribution >= 4 is 35.1 Å². The lowest BCUT2D eigenvalue weighted by Gasteiger charge is -2.17. The molecule has 1 saturated heterocycles. The van der Waals surface area contributed by atoms with E-state index >= 15 is 0 Å². The lowest BCUT2D eigenvalue weighted by Crippen LogP contribution is -2.32. The van der Waals surface area contributed by atoms with E-state index in [1.165, 1.54) is 23.1 Å². The Morgan fingerprint density at radius 1 is 0.968 bits per heavy atom. The summed E-state index contributed by atoms with van der Waals surface area (Å²) in [5, 5.41) is 12.0. The molecule has 2 aliphatic carbocycles. The largest absolute Gasteiger partial charge is 0.478 e. The number of carbonyl (C=O) groups is 4. The number of allylic oxidation sites excluding steroid dienone is 2. The molecule has 2 aromatic carbocycles. The number of carboxylic acid groups (broad SMARTS) is 1. The van der Waals surface area contributed by atoms with Crippen LogP contribution in [0.2, 0.25) is 0 Å². The van der Waals surface area contributed by atoms with Crippen molar-refractivity contribution in [2.24, 2.45) is 23.7 Å². The van der Waals surface area contributed by atoms with E-state index < -0.39 is 11.9 Å². The smallest absolute Gasteiger partial charge is 0.337 e. The van der Waals surface area contributed by atoms with Gasteiger partial charge in [0.15, 0.2) is 0 Å². The van der Waals surface area contributed by atoms with E-state index in [2.05, 4.69) is 5.32 Å². The third-order valence-corrected chi connectivity index (χ3v) is 6.51. The van der Waals surface area contributed by atoms with Gasteiger partial charge in [-0.25, -0.2) is 4.79 Å². The Labute approximate surface area is 178 Å². The van der Waals surface area contributed by atoms with Gasteiger partial charge in [0, 0.05) is 5.56 Å². The second-order valence-electron chi connectivity index (χ2n) is 8.37. The fourth-order valence-corrected chi connectivity index (χ4v) is 5.06. The first-order valence-corrected chi connectivity index (χ1v) is 10.2. The number of aromatic carboxylic acids is 1. The van der Waals surface area contributed by atoms with Crippen LogP contribution in [-0.2, 0) is 9.59 Å². The highest BCUT2D eigenvalue weighted by Crippen LogP contribution is 2.53. The van der Waals surface area contributed by atoms with Gasteiger partial charge in [0.2, 0.25) is 11.8 Å². The molecule has 7 nitrogen and oxygen atoms in total. The number of carbonyl (C=O) groups excluding carboxylic acids is 3. The summed E-state index contributed by atoms with van der Waals surface area (Å²) in [6, 6.07) is 10.9. The molecule has 1 aliphatic heterocycles. The van der Waals surface area contributed by atoms with Crippen molar-refractivity contribution in [2.45, 2.75) is 13.3 Å². The highest BCUT2D eigenvalue weighted by Gasteiger charge is 2.59. The average molecular weight is 416 g/mol. The van der Waals surface area contributed by atoms with Crippen LogP contribution in [0.15, 0.2) is 54.6 Å². The fourth-order valence-electron chi connectivity index (χ4n) is 5.06. The predicted octanol–water partition coefficient (Wildman–Crippen LogP) is 3.26. The van der Waals surface area contributed by atoms with E-state index in [1.54, 1.807) is 31.2 Å². The van der Waals surface area contributed by atoms with Crippen molar-refractivity contribution in [3.8, 4) is 0 Å². The maximum atomic E-state index is 12.9. The molecule has 2 N–H and O–H groups in total. The van der Waals surface area contributed by atoms with Gasteiger partial charge in [-0.2, -0.15) is 0 Å². The van der Waals surface area contributed by atoms with E-state index in [0.29, 0.717) is 11.3 Å². The number of fused-ring (bicyclic) bond motifs is 5. The Balaban J connectivity index is 1.36. The number of anilines is 2. The maximum Gasteiger partial charge on any atom is 0.337 e. The lowest BCUT2D eigenvalue weighted by molar-refractivity contribution is -0.123. The number of nitrogens with zero attached hydrogens (tertiary/aromatic N) is 1. The van der Waals surface area contributed by atoms with Crippen molar-refractivity contribution in [1.29, 1.82) is 0 Å². The molecule has 0 spiro atoms. The van der Waals surface area contributed by atoms with Crippen LogP contribution in [0.5, 0.6) is 0 Å². The van der Waals surface area contributed by atoms with E-state index in [1.807, 2.05) is 12.2 Å². The van der Waals surface area contributed by atoms with Crippen molar-refractivity contribution in [2.75, 3.05) is 10.2 Å². The lowest BCUT2D eigenvalue weighted by atomic mass is 9.85. The third-order valence-electron chi connectivity index (χ3n) is 6.51. The van der Waals surface area contributed by atoms with Gasteiger partial charge in [-0.3, -0.25) is 19.3 Å². The monoisotopic (exact) mass is 416 g/mol. The predicted molar refractivity (Wildman–Crippen MR) is 113 cm³/mol. The van der Waals surface area contributed by atoms with Crippen LogP contribution in [0.25, 0.3) is 0 Å². The number of nitrogens with one attached hydrogen (secondary N) is 1. The molecule has 4 atom stereocenters. The van der Waals surface area contributed by atoms with Crippen LogP contribution in [0, 0.1) is 30.6 Å². The van der Waals surface area contributed by atoms with Gasteiger partial charge >= 0.3 is 5.97 Å². The molecule has 2 bridgehead atoms. The molecular formula is C24H20N2O5. The van der Waals surface area contributed by atoms with Gasteiger partial charge in [-0.15, -0.1) is 0 Å². The Morgan fingerprint density at radius 2 is 1.58 bits per heavy atom. The van der Waals surface area contributed by atoms with E-state index in [0.717, 1.165) is 12.0 Å². The van der Waals surface area contributed by atoms with Crippen molar-refractivity contribution in [3.63, 3.8) is 0 Å². The van der Waals surface area contributed by atoms with Gasteiger partial charge in [0.25, 0.3) is 5.91 Å². The van der Waals surface area contributed by atoms with Crippen LogP contribution in [0.1, 0.15) is 32.7 Å². The standard InChI is InChI=1S/C24H20N2O5/c1-12-2-9-17(24(30)31)18(10-12)25-21(27)13-5-7-16(8-6-13)26-22(28)19-14-3-4-15(11-14)20(19)23(26)29/h2-10,14-15,19-20H,11H2,1H3,(H,25,27)(H,30,31)/t14-,15-,19-,20+/m0/s1. The molecule has 2 aromatic rings. The highest BCUT2D eigenvalue weighted by molar-refractivity contribution is 6.23. The minimum absolute atomic E-state index is 0.00129. The number of rotatable bonds is 4. The summed E-state index contributed by atoms with van der Waals surface area (Å²) in [6.07, 6.45) is 4.96. The molecule has 31 heavy (non-hydrogen) atoms. The summed E-state index contributed by atoms with van der Waals surface area (Å²) in [4.78, 5) is 51.1. The number of benzene rings is 2. The molecule has 3 amide bonds. The quantitative estimate of drug-likeness (QED) is 0.588. The minimum Gasteiger partial charge on any atom is -0.478 e. The summed E-state index contributed by atoms with van der Waals surface area (Å²) < 4.78 is 0. The van der Waals surface area contributed by atoms with Crippen molar-refractivity contribution < 1.29 is 24.3 Å². The first-order valence-electron chi connectivity index (χ1n) is 10.2. The maximum absolute atomic E-state index is 12.9. The molecule has 5 rings (SSSR count). The first-order chi connectivity index (χ1) is 14.8. The van der Waals surface area contributed by atoms with Crippen molar-refractivity contribution in [3.05, 3.63) is 71.3 Å². The van der Waals surface area contributed by atoms with Gasteiger partial charge in [-0.05, 0) is 67.1 Å². The molecule has 1 heterocycles. The number of amides is 3. The van der Waals surface area contributed by atoms with Crippen LogP contribution in [0.3, 0.4) is 0 Å². The molecule has 3 aliphatic rings. The zero-order chi connectivity index (χ0) is 21.9. The molecular weight excluding hydrogens is 396 g/mol. The van der Waals surface area contributed by atoms with Crippen LogP contribution >= 0.6 is 0 Å². The number of hydrogen-bond acceptors (Lipinski definition) is 4. The minimum atomic E-state index is -1.13. The fraction of sp³-hybridized carbons (Fsp3) is 0.250. The van der Waals surface area contributed by atoms with Crippen molar-refractivity contribution in [1.82, 2.24) is 0 Å². The number of carboxylic acids is 1. The second kappa shape index (κ2) is 6.91. The van der Waals surface area contributed by atoms with E-state index in [9.17, 15) is 24.3 Å². The van der Waals surface area contributed by atoms with Crippen LogP contribution < -0.4 is 10.2 Å². The SMILES string of the molecule is Cc1ccc(C(=O)O)c(NC(=O)c2ccc(N3C(=O)[C@@H]4[C@H](C3=O)[C@H]3C=C[C@H]4C3)cc2)c1. The Bertz CT molecular complexity index is 1140. The molecule has 2 fully saturated rings. The topological polar surface area (TPSA) is 104 Å². The molecule has 156 valence electrons. The van der Waals surface area contributed by atoms with Gasteiger partial charge < -0.3 is 10.4 Å². The number of hydrogen-bond donors (Lipinski definition) is 2. The second-order valence-corrected chi connectivity index (χ2v) is 8.37. The number of imide groups is 1. The zero-order valence-electron chi connectivity index (χ0n) is 16.7. The highest BCUT2D eigenvalue weighted by atomic mass is 16.4. The van der Waals surface area contributed by atoms with E-state index in [4.69, 9.17) is 0 Å². The Kier molecular flexibility index (Phi) is 4.28. The number of aryl methyl sites for hydroxylation is 1. The van der Waals surface area contributed by atoms with Gasteiger partial charge in [0.1, 0.15) is 0 Å². The first kappa shape index (κ1) is 19.2. The Morgan fingerprint density at radius 3 is 2.16 bits per heavy atom. The normalized spacial score (nSPS) is 25.8. The molecule has 0 aromatic heterocycles. The summed E-state index contributed by atoms with van der Waals surface area (Å²) in [5.41, 5.74) is 1.77. The average Bonchev–Trinajstić information content (AvgIpc) is 3.42. The summed E-state index contributed by atoms with van der Waals surface area (Å²) in [5.74, 6) is -2.23. The van der Waals surface area contributed by atoms with Crippen LogP contribution in [0.4, 0.5) is 11.4 Å². The Hall–Kier alpha value is -3.74. The summed E-state index contributed by atoms with van der Waals surface area (Å²) in [6.45, 7) is 1.80. The van der Waals surface area contributed by atoms with Gasteiger partial charge in [0.05, 0.1) is 28.8 Å². The van der Waals surface area contributed by atoms with Crippen LogP contribution in [-0.4, -0.2) is 28.8 Å². The molecule has 0 radical (unpaired) electrons. The molecule has 1 saturated carbocycles. The van der Waals surface area contributed by atoms with Gasteiger partial charge in [-0.1, -0.05) is 18.2 Å². The summed E-state index contributed by atoms with van der Waals surface area (Å²) in [7, 11) is 0. The molecule has 0 unspecified atom stereocenters. The zero-order valence-corrected chi connectivity index (χ0v) is 16.7. The molecule has 7 heteroatoms. The van der Waals surface area contributed by atoms with E-state index in [-0.39, 0.29) is 46.7 Å².